The lowest BCUT2D eigenvalue weighted by Crippen LogP contribution is -2.06. The van der Waals surface area contributed by atoms with E-state index >= 15 is 0 Å². The summed E-state index contributed by atoms with van der Waals surface area (Å²) in [5.41, 5.74) is 1.46. The Balaban J connectivity index is 2.08. The minimum Gasteiger partial charge on any atom is -0.493 e. The smallest absolute Gasteiger partial charge is 0.338 e. The zero-order valence-electron chi connectivity index (χ0n) is 12.5. The van der Waals surface area contributed by atoms with E-state index in [1.165, 1.54) is 13.2 Å². The van der Waals surface area contributed by atoms with Gasteiger partial charge in [0.25, 0.3) is 0 Å². The highest BCUT2D eigenvalue weighted by molar-refractivity contribution is 5.90. The number of carbonyl (C=O) groups excluding carboxylic acids is 1. The first-order valence-electron chi connectivity index (χ1n) is 6.87. The number of hydrogen-bond donors (Lipinski definition) is 0. The van der Waals surface area contributed by atoms with Crippen molar-refractivity contribution >= 4 is 5.97 Å². The Bertz CT molecular complexity index is 635. The molecule has 0 saturated carbocycles. The molecule has 0 fully saturated rings. The molecule has 2 rings (SSSR count). The monoisotopic (exact) mass is 298 g/mol. The zero-order valence-corrected chi connectivity index (χ0v) is 12.5. The summed E-state index contributed by atoms with van der Waals surface area (Å²) in [6, 6.07) is 14.8. The Morgan fingerprint density at radius 3 is 2.59 bits per heavy atom. The molecule has 0 amide bonds. The fourth-order valence-electron chi connectivity index (χ4n) is 1.87. The van der Waals surface area contributed by atoms with Gasteiger partial charge in [0.1, 0.15) is 13.2 Å². The van der Waals surface area contributed by atoms with E-state index < -0.39 is 5.97 Å². The molecule has 0 unspecified atom stereocenters. The van der Waals surface area contributed by atoms with Crippen LogP contribution in [-0.2, 0) is 11.3 Å². The zero-order chi connectivity index (χ0) is 15.8. The fraction of sp³-hybridized carbons (Fsp3) is 0.167. The largest absolute Gasteiger partial charge is 0.493 e. The van der Waals surface area contributed by atoms with Gasteiger partial charge in [-0.1, -0.05) is 43.0 Å². The molecule has 0 aliphatic carbocycles. The third-order valence-corrected chi connectivity index (χ3v) is 2.97. The number of hydrogen-bond acceptors (Lipinski definition) is 4. The van der Waals surface area contributed by atoms with Crippen molar-refractivity contribution in [2.45, 2.75) is 6.61 Å². The van der Waals surface area contributed by atoms with Crippen molar-refractivity contribution in [2.24, 2.45) is 0 Å². The lowest BCUT2D eigenvalue weighted by Gasteiger charge is -2.12. The molecule has 2 aromatic carbocycles. The van der Waals surface area contributed by atoms with Crippen LogP contribution >= 0.6 is 0 Å². The van der Waals surface area contributed by atoms with Gasteiger partial charge in [-0.05, 0) is 23.8 Å². The van der Waals surface area contributed by atoms with Gasteiger partial charge in [-0.2, -0.15) is 0 Å². The summed E-state index contributed by atoms with van der Waals surface area (Å²) in [7, 11) is 1.53. The second-order valence-electron chi connectivity index (χ2n) is 4.53. The summed E-state index contributed by atoms with van der Waals surface area (Å²) < 4.78 is 16.0. The van der Waals surface area contributed by atoms with Crippen LogP contribution in [0.25, 0.3) is 0 Å². The highest BCUT2D eigenvalue weighted by Crippen LogP contribution is 2.29. The molecule has 0 heterocycles. The van der Waals surface area contributed by atoms with Crippen LogP contribution < -0.4 is 9.47 Å². The van der Waals surface area contributed by atoms with Crippen LogP contribution in [-0.4, -0.2) is 19.7 Å². The molecule has 2 aromatic rings. The van der Waals surface area contributed by atoms with Crippen molar-refractivity contribution in [2.75, 3.05) is 13.7 Å². The highest BCUT2D eigenvalue weighted by Gasteiger charge is 2.12. The SMILES string of the molecule is C=CCOC(=O)c1ccc(OCc2ccccc2)c(OC)c1. The second kappa shape index (κ2) is 7.88. The maximum absolute atomic E-state index is 11.8. The third kappa shape index (κ3) is 4.12. The highest BCUT2D eigenvalue weighted by atomic mass is 16.5. The first-order chi connectivity index (χ1) is 10.7. The summed E-state index contributed by atoms with van der Waals surface area (Å²) >= 11 is 0. The molecule has 4 nitrogen and oxygen atoms in total. The maximum atomic E-state index is 11.8. The van der Waals surface area contributed by atoms with Crippen LogP contribution in [0.4, 0.5) is 0 Å². The molecule has 0 atom stereocenters. The van der Waals surface area contributed by atoms with Crippen LogP contribution in [0.1, 0.15) is 15.9 Å². The van der Waals surface area contributed by atoms with Gasteiger partial charge in [-0.3, -0.25) is 0 Å². The quantitative estimate of drug-likeness (QED) is 0.578. The van der Waals surface area contributed by atoms with Crippen molar-refractivity contribution < 1.29 is 19.0 Å². The van der Waals surface area contributed by atoms with Crippen LogP contribution in [0.5, 0.6) is 11.5 Å². The molecule has 0 saturated heterocycles. The van der Waals surface area contributed by atoms with Crippen LogP contribution in [0.15, 0.2) is 61.2 Å². The molecule has 22 heavy (non-hydrogen) atoms. The average Bonchev–Trinajstić information content (AvgIpc) is 2.58. The molecule has 0 radical (unpaired) electrons. The van der Waals surface area contributed by atoms with Gasteiger partial charge in [0.15, 0.2) is 11.5 Å². The summed E-state index contributed by atoms with van der Waals surface area (Å²) in [5.74, 6) is 0.642. The van der Waals surface area contributed by atoms with Gasteiger partial charge in [-0.15, -0.1) is 0 Å². The number of benzene rings is 2. The molecule has 0 bridgehead atoms. The lowest BCUT2D eigenvalue weighted by atomic mass is 10.2. The molecule has 0 aliphatic rings. The van der Waals surface area contributed by atoms with E-state index in [9.17, 15) is 4.79 Å². The van der Waals surface area contributed by atoms with Gasteiger partial charge in [-0.25, -0.2) is 4.79 Å². The summed E-state index contributed by atoms with van der Waals surface area (Å²) in [6.07, 6.45) is 1.52. The summed E-state index contributed by atoms with van der Waals surface area (Å²) in [5, 5.41) is 0. The van der Waals surface area contributed by atoms with Crippen LogP contribution in [0, 0.1) is 0 Å². The first kappa shape index (κ1) is 15.6. The van der Waals surface area contributed by atoms with Gasteiger partial charge in [0.2, 0.25) is 0 Å². The fourth-order valence-corrected chi connectivity index (χ4v) is 1.87. The Labute approximate surface area is 129 Å². The van der Waals surface area contributed by atoms with Crippen LogP contribution in [0.3, 0.4) is 0 Å². The average molecular weight is 298 g/mol. The van der Waals surface area contributed by atoms with Gasteiger partial charge >= 0.3 is 5.97 Å². The van der Waals surface area contributed by atoms with E-state index in [0.717, 1.165) is 5.56 Å². The second-order valence-corrected chi connectivity index (χ2v) is 4.53. The third-order valence-electron chi connectivity index (χ3n) is 2.97. The number of esters is 1. The molecular weight excluding hydrogens is 280 g/mol. The molecule has 4 heteroatoms. The molecule has 114 valence electrons. The Morgan fingerprint density at radius 2 is 1.91 bits per heavy atom. The number of carbonyl (C=O) groups is 1. The van der Waals surface area contributed by atoms with E-state index in [4.69, 9.17) is 14.2 Å². The van der Waals surface area contributed by atoms with Crippen molar-refractivity contribution in [3.63, 3.8) is 0 Å². The molecule has 0 aliphatic heterocycles. The maximum Gasteiger partial charge on any atom is 0.338 e. The Morgan fingerprint density at radius 1 is 1.14 bits per heavy atom. The van der Waals surface area contributed by atoms with Gasteiger partial charge in [0.05, 0.1) is 12.7 Å². The predicted molar refractivity (Wildman–Crippen MR) is 84.2 cm³/mol. The molecule has 0 N–H and O–H groups in total. The number of methoxy groups -OCH3 is 1. The molecule has 0 spiro atoms. The van der Waals surface area contributed by atoms with Crippen molar-refractivity contribution in [3.8, 4) is 11.5 Å². The van der Waals surface area contributed by atoms with E-state index in [0.29, 0.717) is 23.7 Å². The predicted octanol–water partition coefficient (Wildman–Crippen LogP) is 3.62. The topological polar surface area (TPSA) is 44.8 Å². The van der Waals surface area contributed by atoms with Crippen molar-refractivity contribution in [1.82, 2.24) is 0 Å². The standard InChI is InChI=1S/C18H18O4/c1-3-11-21-18(19)15-9-10-16(17(12-15)20-2)22-13-14-7-5-4-6-8-14/h3-10,12H,1,11,13H2,2H3. The van der Waals surface area contributed by atoms with Crippen molar-refractivity contribution in [3.05, 3.63) is 72.3 Å². The summed E-state index contributed by atoms with van der Waals surface area (Å²) in [4.78, 5) is 11.8. The van der Waals surface area contributed by atoms with E-state index in [2.05, 4.69) is 6.58 Å². The summed E-state index contributed by atoms with van der Waals surface area (Å²) in [6.45, 7) is 4.11. The van der Waals surface area contributed by atoms with Gasteiger partial charge in [0, 0.05) is 0 Å². The first-order valence-corrected chi connectivity index (χ1v) is 6.87. The van der Waals surface area contributed by atoms with E-state index in [-0.39, 0.29) is 6.61 Å². The Hall–Kier alpha value is -2.75. The minimum atomic E-state index is -0.423. The number of ether oxygens (including phenoxy) is 3. The molecule has 0 aromatic heterocycles. The normalized spacial score (nSPS) is 9.86. The van der Waals surface area contributed by atoms with E-state index in [1.54, 1.807) is 18.2 Å². The van der Waals surface area contributed by atoms with E-state index in [1.807, 2.05) is 30.3 Å². The van der Waals surface area contributed by atoms with Crippen molar-refractivity contribution in [1.29, 1.82) is 0 Å². The Kier molecular flexibility index (Phi) is 5.60. The molecular formula is C18H18O4. The minimum absolute atomic E-state index is 0.174. The number of rotatable bonds is 7. The van der Waals surface area contributed by atoms with Crippen LogP contribution in [0.2, 0.25) is 0 Å². The van der Waals surface area contributed by atoms with Gasteiger partial charge < -0.3 is 14.2 Å². The lowest BCUT2D eigenvalue weighted by molar-refractivity contribution is 0.0549.